The van der Waals surface area contributed by atoms with E-state index >= 15 is 0 Å². The number of rotatable bonds is 7. The predicted octanol–water partition coefficient (Wildman–Crippen LogP) is 0.992. The summed E-state index contributed by atoms with van der Waals surface area (Å²) in [5, 5.41) is 4.12. The van der Waals surface area contributed by atoms with Crippen molar-refractivity contribution >= 4 is 16.8 Å². The summed E-state index contributed by atoms with van der Waals surface area (Å²) in [4.78, 5) is 15.4. The maximum atomic E-state index is 12.0. The van der Waals surface area contributed by atoms with Crippen LogP contribution >= 0.6 is 0 Å². The lowest BCUT2D eigenvalue weighted by Gasteiger charge is -2.10. The van der Waals surface area contributed by atoms with Gasteiger partial charge in [0.15, 0.2) is 0 Å². The Morgan fingerprint density at radius 1 is 1.47 bits per heavy atom. The molecule has 0 aromatic carbocycles. The van der Waals surface area contributed by atoms with Gasteiger partial charge in [0.1, 0.15) is 12.2 Å². The molecule has 0 bridgehead atoms. The van der Waals surface area contributed by atoms with Gasteiger partial charge in [0, 0.05) is 23.1 Å². The van der Waals surface area contributed by atoms with Crippen molar-refractivity contribution in [3.8, 4) is 0 Å². The number of carbonyl (C=O) groups is 1. The highest BCUT2D eigenvalue weighted by molar-refractivity contribution is 7.84. The Morgan fingerprint density at radius 2 is 2.16 bits per heavy atom. The van der Waals surface area contributed by atoms with Crippen molar-refractivity contribution in [2.24, 2.45) is 11.8 Å². The molecule has 1 heterocycles. The fourth-order valence-corrected chi connectivity index (χ4v) is 2.97. The minimum Gasteiger partial charge on any atom is -0.469 e. The average molecular weight is 287 g/mol. The van der Waals surface area contributed by atoms with E-state index in [9.17, 15) is 9.00 Å². The fraction of sp³-hybridized carbons (Fsp3) is 0.750. The third kappa shape index (κ3) is 5.10. The molecule has 0 saturated carbocycles. The second-order valence-electron chi connectivity index (χ2n) is 4.93. The molecule has 1 aromatic heterocycles. The van der Waals surface area contributed by atoms with Crippen molar-refractivity contribution in [1.29, 1.82) is 0 Å². The van der Waals surface area contributed by atoms with Gasteiger partial charge in [0.2, 0.25) is 0 Å². The molecule has 0 aliphatic carbocycles. The molecular weight excluding hydrogens is 266 g/mol. The van der Waals surface area contributed by atoms with E-state index in [4.69, 9.17) is 0 Å². The minimum absolute atomic E-state index is 0.279. The molecule has 0 saturated heterocycles. The number of hydrogen-bond acceptors (Lipinski definition) is 5. The van der Waals surface area contributed by atoms with Crippen molar-refractivity contribution in [2.45, 2.75) is 33.1 Å². The quantitative estimate of drug-likeness (QED) is 0.699. The maximum absolute atomic E-state index is 12.0. The molecule has 7 heteroatoms. The summed E-state index contributed by atoms with van der Waals surface area (Å²) < 4.78 is 18.4. The van der Waals surface area contributed by atoms with Crippen molar-refractivity contribution in [1.82, 2.24) is 14.8 Å². The van der Waals surface area contributed by atoms with Crippen LogP contribution in [0.4, 0.5) is 0 Å². The number of methoxy groups -OCH3 is 1. The van der Waals surface area contributed by atoms with Crippen LogP contribution in [0.15, 0.2) is 6.33 Å². The summed E-state index contributed by atoms with van der Waals surface area (Å²) in [5.41, 5.74) is 0. The third-order valence-corrected chi connectivity index (χ3v) is 4.02. The summed E-state index contributed by atoms with van der Waals surface area (Å²) in [6.45, 7) is 6.63. The smallest absolute Gasteiger partial charge is 0.309 e. The second-order valence-corrected chi connectivity index (χ2v) is 6.43. The fourth-order valence-electron chi connectivity index (χ4n) is 1.65. The van der Waals surface area contributed by atoms with Crippen LogP contribution in [0.25, 0.3) is 0 Å². The van der Waals surface area contributed by atoms with E-state index in [1.54, 1.807) is 11.6 Å². The highest BCUT2D eigenvalue weighted by atomic mass is 32.2. The number of esters is 1. The van der Waals surface area contributed by atoms with Crippen molar-refractivity contribution < 1.29 is 13.7 Å². The van der Waals surface area contributed by atoms with E-state index in [2.05, 4.69) is 28.7 Å². The molecular formula is C12H21N3O3S. The first kappa shape index (κ1) is 15.8. The van der Waals surface area contributed by atoms with Crippen LogP contribution in [0.3, 0.4) is 0 Å². The SMILES string of the molecule is COC(=O)C(C)CS(=O)Cc1ncnn1CC(C)C. The molecule has 0 spiro atoms. The van der Waals surface area contributed by atoms with Gasteiger partial charge in [-0.3, -0.25) is 9.00 Å². The second kappa shape index (κ2) is 7.37. The number of aromatic nitrogens is 3. The van der Waals surface area contributed by atoms with Crippen LogP contribution in [0.1, 0.15) is 26.6 Å². The summed E-state index contributed by atoms with van der Waals surface area (Å²) in [7, 11) is 0.183. The molecule has 0 aliphatic heterocycles. The molecule has 0 N–H and O–H groups in total. The van der Waals surface area contributed by atoms with Crippen molar-refractivity contribution in [2.75, 3.05) is 12.9 Å². The summed E-state index contributed by atoms with van der Waals surface area (Å²) in [5.74, 6) is 1.03. The zero-order valence-corrected chi connectivity index (χ0v) is 12.6. The molecule has 2 atom stereocenters. The van der Waals surface area contributed by atoms with E-state index in [0.29, 0.717) is 17.5 Å². The lowest BCUT2D eigenvalue weighted by Crippen LogP contribution is -2.21. The van der Waals surface area contributed by atoms with Crippen LogP contribution in [0, 0.1) is 11.8 Å². The lowest BCUT2D eigenvalue weighted by molar-refractivity contribution is -0.144. The van der Waals surface area contributed by atoms with E-state index in [1.807, 2.05) is 0 Å². The van der Waals surface area contributed by atoms with Crippen LogP contribution in [-0.4, -0.2) is 37.8 Å². The average Bonchev–Trinajstić information content (AvgIpc) is 2.74. The zero-order chi connectivity index (χ0) is 14.4. The largest absolute Gasteiger partial charge is 0.469 e. The van der Waals surface area contributed by atoms with Gasteiger partial charge in [0.05, 0.1) is 18.8 Å². The summed E-state index contributed by atoms with van der Waals surface area (Å²) >= 11 is 0. The molecule has 6 nitrogen and oxygen atoms in total. The van der Waals surface area contributed by atoms with E-state index in [1.165, 1.54) is 13.4 Å². The van der Waals surface area contributed by atoms with Gasteiger partial charge < -0.3 is 4.74 Å². The number of carbonyl (C=O) groups excluding carboxylic acids is 1. The number of hydrogen-bond donors (Lipinski definition) is 0. The topological polar surface area (TPSA) is 74.1 Å². The normalized spacial score (nSPS) is 14.4. The Bertz CT molecular complexity index is 445. The van der Waals surface area contributed by atoms with Crippen LogP contribution in [0.5, 0.6) is 0 Å². The van der Waals surface area contributed by atoms with E-state index in [-0.39, 0.29) is 17.6 Å². The van der Waals surface area contributed by atoms with Gasteiger partial charge in [-0.25, -0.2) is 9.67 Å². The maximum Gasteiger partial charge on any atom is 0.309 e. The Labute approximate surface area is 116 Å². The molecule has 2 unspecified atom stereocenters. The predicted molar refractivity (Wildman–Crippen MR) is 72.8 cm³/mol. The van der Waals surface area contributed by atoms with Gasteiger partial charge in [0.25, 0.3) is 0 Å². The molecule has 108 valence electrons. The summed E-state index contributed by atoms with van der Waals surface area (Å²) in [6.07, 6.45) is 1.47. The third-order valence-electron chi connectivity index (χ3n) is 2.56. The first-order valence-corrected chi connectivity index (χ1v) is 7.72. The Kier molecular flexibility index (Phi) is 6.14. The molecule has 0 aliphatic rings. The van der Waals surface area contributed by atoms with Crippen molar-refractivity contribution in [3.63, 3.8) is 0 Å². The highest BCUT2D eigenvalue weighted by Crippen LogP contribution is 2.07. The van der Waals surface area contributed by atoms with Gasteiger partial charge >= 0.3 is 5.97 Å². The standard InChI is InChI=1S/C12H21N3O3S/c1-9(2)5-15-11(13-8-14-15)7-19(17)6-10(3)12(16)18-4/h8-10H,5-7H2,1-4H3. The van der Waals surface area contributed by atoms with Crippen LogP contribution in [-0.2, 0) is 32.6 Å². The molecule has 0 radical (unpaired) electrons. The summed E-state index contributed by atoms with van der Waals surface area (Å²) in [6, 6.07) is 0. The molecule has 19 heavy (non-hydrogen) atoms. The van der Waals surface area contributed by atoms with Gasteiger partial charge in [-0.15, -0.1) is 0 Å². The van der Waals surface area contributed by atoms with Crippen molar-refractivity contribution in [3.05, 3.63) is 12.2 Å². The van der Waals surface area contributed by atoms with Crippen LogP contribution in [0.2, 0.25) is 0 Å². The molecule has 0 fully saturated rings. The Morgan fingerprint density at radius 3 is 2.74 bits per heavy atom. The molecule has 1 aromatic rings. The highest BCUT2D eigenvalue weighted by Gasteiger charge is 2.18. The van der Waals surface area contributed by atoms with E-state index < -0.39 is 10.8 Å². The minimum atomic E-state index is -1.15. The first-order chi connectivity index (χ1) is 8.93. The zero-order valence-electron chi connectivity index (χ0n) is 11.8. The number of ether oxygens (including phenoxy) is 1. The Balaban J connectivity index is 2.57. The molecule has 0 amide bonds. The monoisotopic (exact) mass is 287 g/mol. The van der Waals surface area contributed by atoms with Crippen LogP contribution < -0.4 is 0 Å². The van der Waals surface area contributed by atoms with E-state index in [0.717, 1.165) is 6.54 Å². The molecule has 1 rings (SSSR count). The first-order valence-electron chi connectivity index (χ1n) is 6.23. The Hall–Kier alpha value is -1.24. The van der Waals surface area contributed by atoms with Gasteiger partial charge in [-0.1, -0.05) is 20.8 Å². The lowest BCUT2D eigenvalue weighted by atomic mass is 10.2. The number of nitrogens with zero attached hydrogens (tertiary/aromatic N) is 3. The van der Waals surface area contributed by atoms with Gasteiger partial charge in [-0.05, 0) is 5.92 Å². The van der Waals surface area contributed by atoms with Gasteiger partial charge in [-0.2, -0.15) is 5.10 Å².